The molecule has 0 spiro atoms. The van der Waals surface area contributed by atoms with Crippen LogP contribution in [0.4, 0.5) is 5.69 Å². The average molecular weight is 295 g/mol. The number of aromatic hydroxyl groups is 1. The molecule has 0 aliphatic heterocycles. The first-order valence-electron chi connectivity index (χ1n) is 6.89. The highest BCUT2D eigenvalue weighted by Crippen LogP contribution is 2.32. The van der Waals surface area contributed by atoms with E-state index >= 15 is 0 Å². The summed E-state index contributed by atoms with van der Waals surface area (Å²) in [5.41, 5.74) is 4.34. The summed E-state index contributed by atoms with van der Waals surface area (Å²) in [6.45, 7) is 2.64. The van der Waals surface area contributed by atoms with Crippen molar-refractivity contribution in [3.8, 4) is 16.2 Å². The van der Waals surface area contributed by atoms with Crippen molar-refractivity contribution < 1.29 is 5.11 Å². The van der Waals surface area contributed by atoms with Crippen LogP contribution in [0.1, 0.15) is 11.1 Å². The molecular weight excluding hydrogens is 278 g/mol. The number of thiophene rings is 1. The van der Waals surface area contributed by atoms with Crippen LogP contribution in [0, 0.1) is 6.92 Å². The minimum Gasteiger partial charge on any atom is -0.508 e. The molecule has 2 aromatic carbocycles. The van der Waals surface area contributed by atoms with Crippen molar-refractivity contribution in [3.63, 3.8) is 0 Å². The average Bonchev–Trinajstić information content (AvgIpc) is 3.03. The molecule has 21 heavy (non-hydrogen) atoms. The number of rotatable bonds is 4. The zero-order chi connectivity index (χ0) is 14.7. The van der Waals surface area contributed by atoms with E-state index in [1.807, 2.05) is 31.2 Å². The lowest BCUT2D eigenvalue weighted by Gasteiger charge is -2.12. The lowest BCUT2D eigenvalue weighted by molar-refractivity contribution is 0.469. The van der Waals surface area contributed by atoms with E-state index in [1.165, 1.54) is 10.4 Å². The first-order valence-corrected chi connectivity index (χ1v) is 7.77. The number of hydrogen-bond donors (Lipinski definition) is 2. The molecular formula is C18H17NOS. The van der Waals surface area contributed by atoms with E-state index in [0.717, 1.165) is 16.8 Å². The molecule has 3 heteroatoms. The highest BCUT2D eigenvalue weighted by atomic mass is 32.1. The topological polar surface area (TPSA) is 32.3 Å². The second-order valence-electron chi connectivity index (χ2n) is 5.01. The summed E-state index contributed by atoms with van der Waals surface area (Å²) in [6.07, 6.45) is 0. The van der Waals surface area contributed by atoms with Gasteiger partial charge >= 0.3 is 0 Å². The molecule has 0 atom stereocenters. The van der Waals surface area contributed by atoms with Crippen LogP contribution >= 0.6 is 11.3 Å². The van der Waals surface area contributed by atoms with Gasteiger partial charge in [-0.05, 0) is 30.5 Å². The molecule has 3 rings (SSSR count). The zero-order valence-corrected chi connectivity index (χ0v) is 12.7. The first kappa shape index (κ1) is 13.7. The molecule has 2 N–H and O–H groups in total. The SMILES string of the molecule is Cc1ccc(O)c(CNc2ccccc2-c2cccs2)c1. The molecule has 0 radical (unpaired) electrons. The summed E-state index contributed by atoms with van der Waals surface area (Å²) >= 11 is 1.73. The van der Waals surface area contributed by atoms with E-state index in [4.69, 9.17) is 0 Å². The van der Waals surface area contributed by atoms with Gasteiger partial charge in [-0.3, -0.25) is 0 Å². The highest BCUT2D eigenvalue weighted by molar-refractivity contribution is 7.13. The summed E-state index contributed by atoms with van der Waals surface area (Å²) in [5.74, 6) is 0.335. The van der Waals surface area contributed by atoms with E-state index in [9.17, 15) is 5.11 Å². The Morgan fingerprint density at radius 3 is 2.71 bits per heavy atom. The number of hydrogen-bond acceptors (Lipinski definition) is 3. The summed E-state index contributed by atoms with van der Waals surface area (Å²) in [7, 11) is 0. The van der Waals surface area contributed by atoms with Crippen molar-refractivity contribution in [2.24, 2.45) is 0 Å². The van der Waals surface area contributed by atoms with Gasteiger partial charge in [-0.25, -0.2) is 0 Å². The fraction of sp³-hybridized carbons (Fsp3) is 0.111. The normalized spacial score (nSPS) is 10.5. The van der Waals surface area contributed by atoms with E-state index in [0.29, 0.717) is 12.3 Å². The van der Waals surface area contributed by atoms with Crippen molar-refractivity contribution in [3.05, 3.63) is 71.1 Å². The minimum absolute atomic E-state index is 0.335. The Bertz CT molecular complexity index is 735. The maximum absolute atomic E-state index is 9.93. The predicted octanol–water partition coefficient (Wildman–Crippen LogP) is 5.04. The van der Waals surface area contributed by atoms with Crippen LogP contribution < -0.4 is 5.32 Å². The molecule has 0 saturated carbocycles. The Morgan fingerprint density at radius 1 is 1.05 bits per heavy atom. The highest BCUT2D eigenvalue weighted by Gasteiger charge is 2.06. The number of phenolic OH excluding ortho intramolecular Hbond substituents is 1. The van der Waals surface area contributed by atoms with Crippen molar-refractivity contribution in [1.82, 2.24) is 0 Å². The second-order valence-corrected chi connectivity index (χ2v) is 5.96. The maximum atomic E-state index is 9.93. The molecule has 0 aliphatic carbocycles. The van der Waals surface area contributed by atoms with Crippen LogP contribution in [0.15, 0.2) is 60.0 Å². The second kappa shape index (κ2) is 6.02. The Morgan fingerprint density at radius 2 is 1.90 bits per heavy atom. The lowest BCUT2D eigenvalue weighted by atomic mass is 10.1. The molecule has 2 nitrogen and oxygen atoms in total. The lowest BCUT2D eigenvalue weighted by Crippen LogP contribution is -2.01. The summed E-state index contributed by atoms with van der Waals surface area (Å²) in [4.78, 5) is 1.24. The van der Waals surface area contributed by atoms with Crippen LogP contribution in [-0.2, 0) is 6.54 Å². The Labute approximate surface area is 128 Å². The summed E-state index contributed by atoms with van der Waals surface area (Å²) in [6, 6.07) is 18.1. The Kier molecular flexibility index (Phi) is 3.93. The van der Waals surface area contributed by atoms with Crippen LogP contribution in [0.25, 0.3) is 10.4 Å². The quantitative estimate of drug-likeness (QED) is 0.706. The Balaban J connectivity index is 1.84. The van der Waals surface area contributed by atoms with E-state index in [1.54, 1.807) is 17.4 Å². The summed E-state index contributed by atoms with van der Waals surface area (Å²) in [5, 5.41) is 15.4. The fourth-order valence-corrected chi connectivity index (χ4v) is 3.10. The number of para-hydroxylation sites is 1. The van der Waals surface area contributed by atoms with Crippen molar-refractivity contribution in [1.29, 1.82) is 0 Å². The number of benzene rings is 2. The van der Waals surface area contributed by atoms with Gasteiger partial charge in [0.15, 0.2) is 0 Å². The van der Waals surface area contributed by atoms with Gasteiger partial charge in [-0.2, -0.15) is 0 Å². The van der Waals surface area contributed by atoms with Crippen LogP contribution in [0.3, 0.4) is 0 Å². The van der Waals surface area contributed by atoms with Gasteiger partial charge < -0.3 is 10.4 Å². The third kappa shape index (κ3) is 3.09. The van der Waals surface area contributed by atoms with Gasteiger partial charge in [0.2, 0.25) is 0 Å². The maximum Gasteiger partial charge on any atom is 0.120 e. The van der Waals surface area contributed by atoms with Crippen molar-refractivity contribution in [2.45, 2.75) is 13.5 Å². The minimum atomic E-state index is 0.335. The van der Waals surface area contributed by atoms with Crippen LogP contribution in [0.2, 0.25) is 0 Å². The van der Waals surface area contributed by atoms with Crippen LogP contribution in [0.5, 0.6) is 5.75 Å². The molecule has 0 aliphatic rings. The molecule has 0 saturated heterocycles. The smallest absolute Gasteiger partial charge is 0.120 e. The van der Waals surface area contributed by atoms with E-state index in [-0.39, 0.29) is 0 Å². The first-order chi connectivity index (χ1) is 10.2. The van der Waals surface area contributed by atoms with Gasteiger partial charge in [0.25, 0.3) is 0 Å². The third-order valence-electron chi connectivity index (χ3n) is 3.42. The third-order valence-corrected chi connectivity index (χ3v) is 4.32. The van der Waals surface area contributed by atoms with Gasteiger partial charge in [-0.1, -0.05) is 42.0 Å². The van der Waals surface area contributed by atoms with Gasteiger partial charge in [0.1, 0.15) is 5.75 Å². The monoisotopic (exact) mass is 295 g/mol. The Hall–Kier alpha value is -2.26. The fourth-order valence-electron chi connectivity index (χ4n) is 2.33. The molecule has 0 unspecified atom stereocenters. The molecule has 3 aromatic rings. The molecule has 0 bridgehead atoms. The molecule has 1 heterocycles. The number of anilines is 1. The largest absolute Gasteiger partial charge is 0.508 e. The van der Waals surface area contributed by atoms with Gasteiger partial charge in [0.05, 0.1) is 0 Å². The number of nitrogens with one attached hydrogen (secondary N) is 1. The van der Waals surface area contributed by atoms with Crippen LogP contribution in [-0.4, -0.2) is 5.11 Å². The molecule has 1 aromatic heterocycles. The van der Waals surface area contributed by atoms with E-state index in [2.05, 4.69) is 35.0 Å². The molecule has 0 amide bonds. The van der Waals surface area contributed by atoms with E-state index < -0.39 is 0 Å². The standard InChI is InChI=1S/C18H17NOS/c1-13-8-9-17(20)14(11-13)12-19-16-6-3-2-5-15(16)18-7-4-10-21-18/h2-11,19-20H,12H2,1H3. The summed E-state index contributed by atoms with van der Waals surface area (Å²) < 4.78 is 0. The van der Waals surface area contributed by atoms with Crippen molar-refractivity contribution >= 4 is 17.0 Å². The number of aryl methyl sites for hydroxylation is 1. The molecule has 0 fully saturated rings. The van der Waals surface area contributed by atoms with Gasteiger partial charge in [0, 0.05) is 28.2 Å². The van der Waals surface area contributed by atoms with Crippen molar-refractivity contribution in [2.75, 3.05) is 5.32 Å². The zero-order valence-electron chi connectivity index (χ0n) is 11.8. The molecule has 106 valence electrons. The van der Waals surface area contributed by atoms with Gasteiger partial charge in [-0.15, -0.1) is 11.3 Å². The number of phenols is 1. The predicted molar refractivity (Wildman–Crippen MR) is 89.9 cm³/mol.